The van der Waals surface area contributed by atoms with Gasteiger partial charge in [-0.25, -0.2) is 4.79 Å². The molecule has 158 valence electrons. The number of para-hydroxylation sites is 1. The lowest BCUT2D eigenvalue weighted by atomic mass is 9.66. The highest BCUT2D eigenvalue weighted by Gasteiger charge is 2.51. The standard InChI is InChI=1S/C22H25N3O5/c1-2-22-9-5-10-23-11-8-16-15-6-3-4-7-17(15)24(19(16)20(22)23)18(14-22)21(26)29-12-13-30-25(27)28/h3-4,6-7,14,20H,2,5,8-13H2,1H3. The van der Waals surface area contributed by atoms with E-state index in [4.69, 9.17) is 4.74 Å². The van der Waals surface area contributed by atoms with Crippen LogP contribution in [0.5, 0.6) is 0 Å². The molecule has 2 aromatic rings. The van der Waals surface area contributed by atoms with Gasteiger partial charge < -0.3 is 14.1 Å². The zero-order valence-electron chi connectivity index (χ0n) is 17.0. The highest BCUT2D eigenvalue weighted by molar-refractivity contribution is 6.13. The number of carbonyl (C=O) groups is 1. The van der Waals surface area contributed by atoms with Gasteiger partial charge in [0.2, 0.25) is 0 Å². The summed E-state index contributed by atoms with van der Waals surface area (Å²) in [7, 11) is 0. The van der Waals surface area contributed by atoms with Crippen LogP contribution in [0.2, 0.25) is 0 Å². The zero-order chi connectivity index (χ0) is 20.9. The van der Waals surface area contributed by atoms with Gasteiger partial charge in [-0.2, -0.15) is 0 Å². The van der Waals surface area contributed by atoms with Gasteiger partial charge in [-0.05, 0) is 49.9 Å². The molecule has 0 saturated carbocycles. The lowest BCUT2D eigenvalue weighted by Gasteiger charge is -2.53. The van der Waals surface area contributed by atoms with Crippen molar-refractivity contribution in [3.05, 3.63) is 51.7 Å². The van der Waals surface area contributed by atoms with Crippen LogP contribution in [-0.4, -0.2) is 46.8 Å². The highest BCUT2D eigenvalue weighted by atomic mass is 17.0. The van der Waals surface area contributed by atoms with E-state index in [1.54, 1.807) is 0 Å². The smallest absolute Gasteiger partial charge is 0.355 e. The van der Waals surface area contributed by atoms with Crippen molar-refractivity contribution in [1.29, 1.82) is 0 Å². The minimum atomic E-state index is -0.878. The highest BCUT2D eigenvalue weighted by Crippen LogP contribution is 2.57. The monoisotopic (exact) mass is 411 g/mol. The van der Waals surface area contributed by atoms with Gasteiger partial charge in [0.15, 0.2) is 0 Å². The normalized spacial score (nSPS) is 24.8. The fourth-order valence-electron chi connectivity index (χ4n) is 5.75. The molecule has 4 heterocycles. The molecule has 3 aliphatic heterocycles. The zero-order valence-corrected chi connectivity index (χ0v) is 17.0. The molecular formula is C22H25N3O5. The number of rotatable bonds is 6. The van der Waals surface area contributed by atoms with Gasteiger partial charge in [-0.1, -0.05) is 25.1 Å². The number of carbonyl (C=O) groups excluding carboxylic acids is 1. The van der Waals surface area contributed by atoms with Crippen LogP contribution in [-0.2, 0) is 20.8 Å². The van der Waals surface area contributed by atoms with Crippen LogP contribution in [0.25, 0.3) is 16.6 Å². The molecule has 2 unspecified atom stereocenters. The number of piperidine rings is 1. The third-order valence-electron chi connectivity index (χ3n) is 6.97. The molecule has 5 rings (SSSR count). The lowest BCUT2D eigenvalue weighted by Crippen LogP contribution is -2.51. The van der Waals surface area contributed by atoms with Crippen LogP contribution in [0.3, 0.4) is 0 Å². The van der Waals surface area contributed by atoms with Gasteiger partial charge in [-0.3, -0.25) is 4.90 Å². The number of hydrogen-bond donors (Lipinski definition) is 0. The van der Waals surface area contributed by atoms with Crippen molar-refractivity contribution in [1.82, 2.24) is 9.47 Å². The number of ether oxygens (including phenoxy) is 1. The summed E-state index contributed by atoms with van der Waals surface area (Å²) in [5.41, 5.74) is 3.99. The summed E-state index contributed by atoms with van der Waals surface area (Å²) in [5.74, 6) is -0.459. The molecule has 0 bridgehead atoms. The summed E-state index contributed by atoms with van der Waals surface area (Å²) >= 11 is 0. The van der Waals surface area contributed by atoms with E-state index < -0.39 is 11.1 Å². The van der Waals surface area contributed by atoms with Crippen LogP contribution in [0.1, 0.15) is 43.5 Å². The summed E-state index contributed by atoms with van der Waals surface area (Å²) in [4.78, 5) is 30.4. The number of esters is 1. The maximum absolute atomic E-state index is 13.1. The third-order valence-corrected chi connectivity index (χ3v) is 6.97. The molecule has 2 atom stereocenters. The summed E-state index contributed by atoms with van der Waals surface area (Å²) < 4.78 is 7.47. The first-order valence-electron chi connectivity index (χ1n) is 10.6. The minimum absolute atomic E-state index is 0.108. The summed E-state index contributed by atoms with van der Waals surface area (Å²) in [6, 6.07) is 8.49. The van der Waals surface area contributed by atoms with Crippen LogP contribution in [0.4, 0.5) is 0 Å². The number of fused-ring (bicyclic) bond motifs is 3. The Hall–Kier alpha value is -2.87. The van der Waals surface area contributed by atoms with Crippen LogP contribution < -0.4 is 0 Å². The molecule has 1 fully saturated rings. The Morgan fingerprint density at radius 2 is 2.13 bits per heavy atom. The van der Waals surface area contributed by atoms with E-state index >= 15 is 0 Å². The Kier molecular flexibility index (Phi) is 4.54. The van der Waals surface area contributed by atoms with Crippen LogP contribution in [0.15, 0.2) is 30.3 Å². The molecule has 0 radical (unpaired) electrons. The van der Waals surface area contributed by atoms with Crippen LogP contribution in [0, 0.1) is 15.5 Å². The number of nitrogens with zero attached hydrogens (tertiary/aromatic N) is 3. The quantitative estimate of drug-likeness (QED) is 0.314. The minimum Gasteiger partial charge on any atom is -0.459 e. The van der Waals surface area contributed by atoms with Gasteiger partial charge in [-0.15, -0.1) is 10.1 Å². The Morgan fingerprint density at radius 1 is 1.30 bits per heavy atom. The maximum atomic E-state index is 13.1. The van der Waals surface area contributed by atoms with Crippen molar-refractivity contribution in [2.75, 3.05) is 26.3 Å². The third kappa shape index (κ3) is 2.74. The Balaban J connectivity index is 1.62. The molecule has 1 aromatic heterocycles. The molecule has 30 heavy (non-hydrogen) atoms. The lowest BCUT2D eigenvalue weighted by molar-refractivity contribution is -0.757. The average molecular weight is 411 g/mol. The summed E-state index contributed by atoms with van der Waals surface area (Å²) in [6.07, 6.45) is 6.17. The van der Waals surface area contributed by atoms with Crippen molar-refractivity contribution < 1.29 is 19.5 Å². The predicted octanol–water partition coefficient (Wildman–Crippen LogP) is 3.34. The van der Waals surface area contributed by atoms with E-state index in [0.717, 1.165) is 44.3 Å². The van der Waals surface area contributed by atoms with Gasteiger partial charge >= 0.3 is 5.97 Å². The van der Waals surface area contributed by atoms with Crippen molar-refractivity contribution >= 4 is 22.6 Å². The van der Waals surface area contributed by atoms with Crippen molar-refractivity contribution in [2.24, 2.45) is 5.41 Å². The molecule has 3 aliphatic rings. The van der Waals surface area contributed by atoms with E-state index in [9.17, 15) is 14.9 Å². The predicted molar refractivity (Wildman–Crippen MR) is 110 cm³/mol. The second-order valence-corrected chi connectivity index (χ2v) is 8.32. The maximum Gasteiger partial charge on any atom is 0.355 e. The first-order valence-corrected chi connectivity index (χ1v) is 10.6. The largest absolute Gasteiger partial charge is 0.459 e. The first-order chi connectivity index (χ1) is 14.6. The molecule has 0 spiro atoms. The molecule has 8 heteroatoms. The second-order valence-electron chi connectivity index (χ2n) is 8.32. The molecule has 0 aliphatic carbocycles. The Morgan fingerprint density at radius 3 is 2.93 bits per heavy atom. The van der Waals surface area contributed by atoms with E-state index in [0.29, 0.717) is 5.70 Å². The number of benzene rings is 1. The van der Waals surface area contributed by atoms with Crippen molar-refractivity contribution in [3.63, 3.8) is 0 Å². The van der Waals surface area contributed by atoms with Gasteiger partial charge in [0, 0.05) is 23.0 Å². The van der Waals surface area contributed by atoms with Gasteiger partial charge in [0.25, 0.3) is 5.09 Å². The molecule has 1 saturated heterocycles. The van der Waals surface area contributed by atoms with E-state index in [2.05, 4.69) is 39.4 Å². The van der Waals surface area contributed by atoms with E-state index in [1.165, 1.54) is 16.6 Å². The molecule has 0 N–H and O–H groups in total. The fraction of sp³-hybridized carbons (Fsp3) is 0.500. The first kappa shape index (κ1) is 19.1. The summed E-state index contributed by atoms with van der Waals surface area (Å²) in [5, 5.41) is 10.7. The topological polar surface area (TPSA) is 86.8 Å². The van der Waals surface area contributed by atoms with Crippen molar-refractivity contribution in [3.8, 4) is 0 Å². The molecular weight excluding hydrogens is 386 g/mol. The van der Waals surface area contributed by atoms with E-state index in [1.807, 2.05) is 12.1 Å². The second kappa shape index (κ2) is 7.12. The van der Waals surface area contributed by atoms with Gasteiger partial charge in [0.05, 0.1) is 11.6 Å². The average Bonchev–Trinajstić information content (AvgIpc) is 3.10. The molecule has 0 amide bonds. The SMILES string of the molecule is CCC12C=C(C(=O)OCCO[N+](=O)[O-])n3c4c(c5ccccc53)CCN(CCC1)C42. The van der Waals surface area contributed by atoms with Gasteiger partial charge in [0.1, 0.15) is 18.9 Å². The fourth-order valence-corrected chi connectivity index (χ4v) is 5.75. The molecule has 1 aromatic carbocycles. The van der Waals surface area contributed by atoms with E-state index in [-0.39, 0.29) is 24.7 Å². The van der Waals surface area contributed by atoms with Crippen LogP contribution >= 0.6 is 0 Å². The Bertz CT molecular complexity index is 1060. The van der Waals surface area contributed by atoms with Crippen molar-refractivity contribution in [2.45, 2.75) is 38.6 Å². The number of aromatic nitrogens is 1. The summed E-state index contributed by atoms with van der Waals surface area (Å²) in [6.45, 7) is 3.89. The molecule has 8 nitrogen and oxygen atoms in total. The Labute approximate surface area is 174 Å². The number of hydrogen-bond acceptors (Lipinski definition) is 6.